The predicted molar refractivity (Wildman–Crippen MR) is 158 cm³/mol. The third-order valence-electron chi connectivity index (χ3n) is 7.22. The summed E-state index contributed by atoms with van der Waals surface area (Å²) in [6.45, 7) is 8.55. The van der Waals surface area contributed by atoms with E-state index in [1.165, 1.54) is 11.3 Å². The number of ether oxygens (including phenoxy) is 2. The Kier molecular flexibility index (Phi) is 6.81. The van der Waals surface area contributed by atoms with Crippen LogP contribution in [0.3, 0.4) is 0 Å². The van der Waals surface area contributed by atoms with Crippen LogP contribution in [-0.2, 0) is 0 Å². The highest BCUT2D eigenvalue weighted by Gasteiger charge is 2.22. The smallest absolute Gasteiger partial charge is 0.229 e. The van der Waals surface area contributed by atoms with Crippen LogP contribution in [0.25, 0.3) is 27.8 Å². The maximum atomic E-state index is 6.71. The number of anilines is 3. The van der Waals surface area contributed by atoms with Gasteiger partial charge >= 0.3 is 0 Å². The first-order chi connectivity index (χ1) is 19.3. The first kappa shape index (κ1) is 26.1. The number of aryl methyl sites for hydroxylation is 1. The number of nitrogens with one attached hydrogen (secondary N) is 2. The molecule has 0 saturated carbocycles. The van der Waals surface area contributed by atoms with Crippen LogP contribution < -0.4 is 25.0 Å². The second kappa shape index (κ2) is 10.4. The molecule has 40 heavy (non-hydrogen) atoms. The van der Waals surface area contributed by atoms with Crippen molar-refractivity contribution in [1.29, 1.82) is 0 Å². The highest BCUT2D eigenvalue weighted by Crippen LogP contribution is 2.41. The largest absolute Gasteiger partial charge is 0.497 e. The van der Waals surface area contributed by atoms with E-state index in [0.717, 1.165) is 29.7 Å². The summed E-state index contributed by atoms with van der Waals surface area (Å²) in [7, 11) is 3.17. The van der Waals surface area contributed by atoms with E-state index >= 15 is 0 Å². The Labute approximate surface area is 237 Å². The van der Waals surface area contributed by atoms with Gasteiger partial charge < -0.3 is 25.0 Å². The fraction of sp³-hybridized carbons (Fsp3) is 0.310. The minimum atomic E-state index is 0.448. The molecule has 0 aliphatic carbocycles. The number of hydrogen-bond acceptors (Lipinski definition) is 9. The van der Waals surface area contributed by atoms with Gasteiger partial charge in [-0.25, -0.2) is 4.98 Å². The molecule has 1 fully saturated rings. The summed E-state index contributed by atoms with van der Waals surface area (Å²) < 4.78 is 12.8. The molecule has 1 aliphatic rings. The van der Waals surface area contributed by atoms with Crippen molar-refractivity contribution in [3.8, 4) is 22.6 Å². The number of hydrogen-bond donors (Lipinski definition) is 2. The molecule has 11 heteroatoms. The van der Waals surface area contributed by atoms with Crippen LogP contribution in [0.2, 0.25) is 5.02 Å². The zero-order valence-corrected chi connectivity index (χ0v) is 23.8. The standard InChI is InChI=1S/C29H31ClN8O2/c1-16-8-20(6-7-24(16)37-13-17(2)33-18(3)14-37)34-29-31-12-19-9-23(28-36-32-15-38(28)27(19)35-29)22-10-21(39-4)11-25(40-5)26(22)30/h6-12,15,17-18,33H,13-14H2,1-5H3,(H,31,34,35)/t17-,18+. The van der Waals surface area contributed by atoms with Crippen molar-refractivity contribution in [1.82, 2.24) is 29.9 Å². The van der Waals surface area contributed by atoms with Crippen LogP contribution in [0.15, 0.2) is 48.9 Å². The average molecular weight is 559 g/mol. The number of fused-ring (bicyclic) bond motifs is 3. The van der Waals surface area contributed by atoms with Crippen LogP contribution in [0.4, 0.5) is 17.3 Å². The highest BCUT2D eigenvalue weighted by atomic mass is 35.5. The van der Waals surface area contributed by atoms with E-state index in [1.54, 1.807) is 32.8 Å². The first-order valence-corrected chi connectivity index (χ1v) is 13.5. The van der Waals surface area contributed by atoms with E-state index in [9.17, 15) is 0 Å². The summed E-state index contributed by atoms with van der Waals surface area (Å²) in [4.78, 5) is 11.9. The molecule has 0 spiro atoms. The SMILES string of the molecule is COc1cc(OC)c(Cl)c(-c2cc3cnc(Nc4ccc(N5C[C@@H](C)N[C@@H](C)C5)c(C)c4)nc3n3cnnc23)c1. The summed E-state index contributed by atoms with van der Waals surface area (Å²) in [6, 6.07) is 12.8. The van der Waals surface area contributed by atoms with Crippen molar-refractivity contribution < 1.29 is 9.47 Å². The summed E-state index contributed by atoms with van der Waals surface area (Å²) in [5.74, 6) is 1.60. The Balaban J connectivity index is 1.35. The molecule has 2 N–H and O–H groups in total. The van der Waals surface area contributed by atoms with Crippen molar-refractivity contribution in [2.75, 3.05) is 37.5 Å². The number of halogens is 1. The Hall–Kier alpha value is -4.15. The van der Waals surface area contributed by atoms with Gasteiger partial charge in [-0.15, -0.1) is 10.2 Å². The van der Waals surface area contributed by atoms with Gasteiger partial charge in [-0.3, -0.25) is 4.40 Å². The molecule has 3 aromatic heterocycles. The zero-order valence-electron chi connectivity index (χ0n) is 23.1. The minimum absolute atomic E-state index is 0.448. The normalized spacial score (nSPS) is 17.4. The van der Waals surface area contributed by atoms with E-state index in [0.29, 0.717) is 51.4 Å². The maximum Gasteiger partial charge on any atom is 0.229 e. The fourth-order valence-electron chi connectivity index (χ4n) is 5.50. The van der Waals surface area contributed by atoms with Crippen LogP contribution in [0.1, 0.15) is 19.4 Å². The Morgan fingerprint density at radius 2 is 1.80 bits per heavy atom. The summed E-state index contributed by atoms with van der Waals surface area (Å²) in [5, 5.41) is 16.7. The van der Waals surface area contributed by atoms with Crippen molar-refractivity contribution >= 4 is 45.6 Å². The van der Waals surface area contributed by atoms with Gasteiger partial charge in [0.25, 0.3) is 0 Å². The average Bonchev–Trinajstić information content (AvgIpc) is 3.43. The van der Waals surface area contributed by atoms with Crippen molar-refractivity contribution in [2.45, 2.75) is 32.9 Å². The van der Waals surface area contributed by atoms with Crippen LogP contribution >= 0.6 is 11.6 Å². The van der Waals surface area contributed by atoms with Crippen molar-refractivity contribution in [3.05, 3.63) is 59.5 Å². The molecule has 0 radical (unpaired) electrons. The molecule has 1 saturated heterocycles. The van der Waals surface area contributed by atoms with Gasteiger partial charge in [-0.2, -0.15) is 4.98 Å². The van der Waals surface area contributed by atoms with E-state index in [1.807, 2.05) is 16.5 Å². The summed E-state index contributed by atoms with van der Waals surface area (Å²) >= 11 is 6.71. The van der Waals surface area contributed by atoms with Crippen LogP contribution in [0.5, 0.6) is 11.5 Å². The molecule has 0 bridgehead atoms. The third-order valence-corrected chi connectivity index (χ3v) is 7.61. The lowest BCUT2D eigenvalue weighted by Gasteiger charge is -2.38. The predicted octanol–water partition coefficient (Wildman–Crippen LogP) is 5.25. The quantitative estimate of drug-likeness (QED) is 0.289. The number of piperazine rings is 1. The van der Waals surface area contributed by atoms with Gasteiger partial charge in [-0.1, -0.05) is 11.6 Å². The van der Waals surface area contributed by atoms with Crippen LogP contribution in [-0.4, -0.2) is 64.0 Å². The lowest BCUT2D eigenvalue weighted by molar-refractivity contribution is 0.395. The number of methoxy groups -OCH3 is 2. The van der Waals surface area contributed by atoms with Crippen LogP contribution in [0, 0.1) is 6.92 Å². The van der Waals surface area contributed by atoms with E-state index in [4.69, 9.17) is 26.1 Å². The maximum absolute atomic E-state index is 6.71. The molecule has 4 heterocycles. The van der Waals surface area contributed by atoms with E-state index < -0.39 is 0 Å². The molecule has 2 atom stereocenters. The number of nitrogens with zero attached hydrogens (tertiary/aromatic N) is 6. The highest BCUT2D eigenvalue weighted by molar-refractivity contribution is 6.35. The van der Waals surface area contributed by atoms with Gasteiger partial charge in [0.15, 0.2) is 11.3 Å². The van der Waals surface area contributed by atoms with Gasteiger partial charge in [0, 0.05) is 65.3 Å². The molecular weight excluding hydrogens is 528 g/mol. The molecule has 1 aliphatic heterocycles. The Morgan fingerprint density at radius 1 is 1.00 bits per heavy atom. The van der Waals surface area contributed by atoms with Crippen molar-refractivity contribution in [3.63, 3.8) is 0 Å². The van der Waals surface area contributed by atoms with E-state index in [-0.39, 0.29) is 0 Å². The lowest BCUT2D eigenvalue weighted by Crippen LogP contribution is -2.54. The minimum Gasteiger partial charge on any atom is -0.497 e. The molecule has 5 aromatic rings. The molecule has 206 valence electrons. The fourth-order valence-corrected chi connectivity index (χ4v) is 5.79. The second-order valence-electron chi connectivity index (χ2n) is 10.2. The summed E-state index contributed by atoms with van der Waals surface area (Å²) in [6.07, 6.45) is 3.42. The monoisotopic (exact) mass is 558 g/mol. The zero-order chi connectivity index (χ0) is 28.0. The Morgan fingerprint density at radius 3 is 2.52 bits per heavy atom. The number of aromatic nitrogens is 5. The molecule has 2 aromatic carbocycles. The third kappa shape index (κ3) is 4.73. The first-order valence-electron chi connectivity index (χ1n) is 13.1. The molecule has 6 rings (SSSR count). The lowest BCUT2D eigenvalue weighted by atomic mass is 10.0. The second-order valence-corrected chi connectivity index (χ2v) is 10.6. The molecule has 0 amide bonds. The number of rotatable bonds is 6. The molecule has 0 unspecified atom stereocenters. The van der Waals surface area contributed by atoms with Crippen molar-refractivity contribution in [2.24, 2.45) is 0 Å². The Bertz CT molecular complexity index is 1710. The van der Waals surface area contributed by atoms with Gasteiger partial charge in [0.1, 0.15) is 17.8 Å². The van der Waals surface area contributed by atoms with E-state index in [2.05, 4.69) is 69.7 Å². The molecular formula is C29H31ClN8O2. The summed E-state index contributed by atoms with van der Waals surface area (Å²) in [5.41, 5.74) is 6.12. The van der Waals surface area contributed by atoms with Gasteiger partial charge in [0.05, 0.1) is 19.2 Å². The number of pyridine rings is 1. The molecule has 10 nitrogen and oxygen atoms in total. The van der Waals surface area contributed by atoms with Gasteiger partial charge in [-0.05, 0) is 56.7 Å². The topological polar surface area (TPSA) is 102 Å². The van der Waals surface area contributed by atoms with Gasteiger partial charge in [0.2, 0.25) is 5.95 Å². The number of benzene rings is 2.